The second-order valence-electron chi connectivity index (χ2n) is 7.03. The fourth-order valence-corrected chi connectivity index (χ4v) is 3.96. The van der Waals surface area contributed by atoms with E-state index >= 15 is 0 Å². The fraction of sp³-hybridized carbons (Fsp3) is 0.381. The Morgan fingerprint density at radius 1 is 1.04 bits per heavy atom. The predicted octanol–water partition coefficient (Wildman–Crippen LogP) is 3.69. The van der Waals surface area contributed by atoms with Crippen LogP contribution in [0.5, 0.6) is 0 Å². The topological polar surface area (TPSA) is 58.6 Å². The van der Waals surface area contributed by atoms with Crippen LogP contribution >= 0.6 is 0 Å². The first kappa shape index (κ1) is 16.2. The van der Waals surface area contributed by atoms with E-state index < -0.39 is 0 Å². The molecule has 2 aromatic carbocycles. The zero-order chi connectivity index (χ0) is 17.2. The van der Waals surface area contributed by atoms with E-state index in [1.165, 1.54) is 22.3 Å². The van der Waals surface area contributed by atoms with Crippen molar-refractivity contribution in [1.29, 1.82) is 0 Å². The van der Waals surface area contributed by atoms with Crippen LogP contribution in [0.4, 0.5) is 4.79 Å². The van der Waals surface area contributed by atoms with Gasteiger partial charge in [-0.1, -0.05) is 48.5 Å². The molecule has 0 unspecified atom stereocenters. The Balaban J connectivity index is 1.34. The van der Waals surface area contributed by atoms with Crippen molar-refractivity contribution < 1.29 is 14.6 Å². The number of nitrogens with one attached hydrogen (secondary N) is 1. The number of hydrogen-bond acceptors (Lipinski definition) is 3. The van der Waals surface area contributed by atoms with Gasteiger partial charge >= 0.3 is 6.09 Å². The fourth-order valence-electron chi connectivity index (χ4n) is 3.96. The number of fused-ring (bicyclic) bond motifs is 3. The maximum Gasteiger partial charge on any atom is 0.407 e. The molecule has 25 heavy (non-hydrogen) atoms. The highest BCUT2D eigenvalue weighted by Crippen LogP contribution is 2.44. The molecule has 2 N–H and O–H groups in total. The predicted molar refractivity (Wildman–Crippen MR) is 96.4 cm³/mol. The normalized spacial score (nSPS) is 21.2. The summed E-state index contributed by atoms with van der Waals surface area (Å²) in [5.74, 6) is 0.629. The van der Waals surface area contributed by atoms with E-state index in [4.69, 9.17) is 4.74 Å². The second-order valence-corrected chi connectivity index (χ2v) is 7.03. The third kappa shape index (κ3) is 3.27. The minimum absolute atomic E-state index is 0.0972. The van der Waals surface area contributed by atoms with Crippen molar-refractivity contribution in [3.8, 4) is 11.1 Å². The molecular weight excluding hydrogens is 314 g/mol. The van der Waals surface area contributed by atoms with Gasteiger partial charge in [-0.05, 0) is 47.4 Å². The molecule has 0 spiro atoms. The number of ether oxygens (including phenoxy) is 1. The third-order valence-corrected chi connectivity index (χ3v) is 5.38. The van der Waals surface area contributed by atoms with Gasteiger partial charge in [0.15, 0.2) is 0 Å². The van der Waals surface area contributed by atoms with Crippen LogP contribution in [0.25, 0.3) is 11.1 Å². The van der Waals surface area contributed by atoms with E-state index in [-0.39, 0.29) is 18.1 Å². The van der Waals surface area contributed by atoms with Crippen LogP contribution in [0.3, 0.4) is 0 Å². The Morgan fingerprint density at radius 2 is 1.64 bits per heavy atom. The first-order chi connectivity index (χ1) is 12.2. The average Bonchev–Trinajstić information content (AvgIpc) is 2.92. The molecule has 4 heteroatoms. The van der Waals surface area contributed by atoms with E-state index in [9.17, 15) is 9.90 Å². The monoisotopic (exact) mass is 337 g/mol. The molecule has 0 heterocycles. The van der Waals surface area contributed by atoms with Crippen molar-refractivity contribution >= 4 is 6.09 Å². The highest BCUT2D eigenvalue weighted by Gasteiger charge is 2.29. The molecule has 1 fully saturated rings. The van der Waals surface area contributed by atoms with Gasteiger partial charge in [-0.25, -0.2) is 4.79 Å². The Labute approximate surface area is 147 Å². The van der Waals surface area contributed by atoms with Gasteiger partial charge in [0.25, 0.3) is 0 Å². The Hall–Kier alpha value is -2.33. The van der Waals surface area contributed by atoms with E-state index in [1.54, 1.807) is 0 Å². The zero-order valence-corrected chi connectivity index (χ0v) is 14.2. The highest BCUT2D eigenvalue weighted by atomic mass is 16.5. The van der Waals surface area contributed by atoms with Gasteiger partial charge in [-0.15, -0.1) is 0 Å². The summed E-state index contributed by atoms with van der Waals surface area (Å²) in [6.45, 7) is 0.954. The summed E-state index contributed by atoms with van der Waals surface area (Å²) < 4.78 is 5.49. The second kappa shape index (κ2) is 6.89. The van der Waals surface area contributed by atoms with Crippen molar-refractivity contribution in [2.45, 2.75) is 31.3 Å². The molecule has 130 valence electrons. The van der Waals surface area contributed by atoms with Gasteiger partial charge in [-0.2, -0.15) is 0 Å². The third-order valence-electron chi connectivity index (χ3n) is 5.38. The van der Waals surface area contributed by atoms with Crippen LogP contribution in [0.2, 0.25) is 0 Å². The first-order valence-corrected chi connectivity index (χ1v) is 8.99. The molecule has 0 aliphatic heterocycles. The molecule has 0 saturated heterocycles. The summed E-state index contributed by atoms with van der Waals surface area (Å²) in [4.78, 5) is 12.0. The number of alkyl carbamates (subject to hydrolysis) is 1. The number of aliphatic hydroxyl groups excluding tert-OH is 1. The zero-order valence-electron chi connectivity index (χ0n) is 14.2. The number of carbonyl (C=O) groups is 1. The molecule has 0 bridgehead atoms. The molecule has 0 aromatic heterocycles. The van der Waals surface area contributed by atoms with Crippen molar-refractivity contribution in [3.05, 3.63) is 59.7 Å². The SMILES string of the molecule is O=C(NCCC1CC(O)C1)OCC1c2ccccc2-c2ccccc21. The number of hydrogen-bond donors (Lipinski definition) is 2. The summed E-state index contributed by atoms with van der Waals surface area (Å²) in [5, 5.41) is 12.1. The van der Waals surface area contributed by atoms with Gasteiger partial charge in [0.05, 0.1) is 6.10 Å². The van der Waals surface area contributed by atoms with Crippen molar-refractivity contribution in [2.24, 2.45) is 5.92 Å². The summed E-state index contributed by atoms with van der Waals surface area (Å²) in [5.41, 5.74) is 4.91. The minimum atomic E-state index is -0.360. The molecule has 2 aliphatic rings. The summed E-state index contributed by atoms with van der Waals surface area (Å²) in [6.07, 6.45) is 2.11. The number of benzene rings is 2. The summed E-state index contributed by atoms with van der Waals surface area (Å²) >= 11 is 0. The maximum absolute atomic E-state index is 12.0. The van der Waals surface area contributed by atoms with Crippen molar-refractivity contribution in [1.82, 2.24) is 5.32 Å². The molecule has 0 atom stereocenters. The molecule has 4 nitrogen and oxygen atoms in total. The van der Waals surface area contributed by atoms with E-state index in [1.807, 2.05) is 24.3 Å². The largest absolute Gasteiger partial charge is 0.449 e. The molecule has 1 saturated carbocycles. The molecule has 0 radical (unpaired) electrons. The van der Waals surface area contributed by atoms with Crippen LogP contribution in [-0.2, 0) is 4.74 Å². The summed E-state index contributed by atoms with van der Waals surface area (Å²) in [6, 6.07) is 16.6. The lowest BCUT2D eigenvalue weighted by Crippen LogP contribution is -2.33. The molecular formula is C21H23NO3. The van der Waals surface area contributed by atoms with E-state index in [0.717, 1.165) is 19.3 Å². The Morgan fingerprint density at radius 3 is 2.24 bits per heavy atom. The maximum atomic E-state index is 12.0. The number of amides is 1. The van der Waals surface area contributed by atoms with Crippen molar-refractivity contribution in [3.63, 3.8) is 0 Å². The molecule has 4 rings (SSSR count). The first-order valence-electron chi connectivity index (χ1n) is 8.99. The lowest BCUT2D eigenvalue weighted by atomic mass is 9.80. The summed E-state index contributed by atoms with van der Waals surface area (Å²) in [7, 11) is 0. The van der Waals surface area contributed by atoms with Crippen LogP contribution in [0.15, 0.2) is 48.5 Å². The van der Waals surface area contributed by atoms with Crippen molar-refractivity contribution in [2.75, 3.05) is 13.2 Å². The van der Waals surface area contributed by atoms with Gasteiger partial charge in [0, 0.05) is 12.5 Å². The van der Waals surface area contributed by atoms with E-state index in [0.29, 0.717) is 19.1 Å². The lowest BCUT2D eigenvalue weighted by Gasteiger charge is -2.31. The average molecular weight is 337 g/mol. The van der Waals surface area contributed by atoms with Gasteiger partial charge in [0.1, 0.15) is 6.61 Å². The number of rotatable bonds is 5. The van der Waals surface area contributed by atoms with Crippen LogP contribution in [0.1, 0.15) is 36.3 Å². The Bertz CT molecular complexity index is 722. The van der Waals surface area contributed by atoms with Gasteiger partial charge < -0.3 is 15.2 Å². The van der Waals surface area contributed by atoms with Gasteiger partial charge in [0.2, 0.25) is 0 Å². The standard InChI is InChI=1S/C21H23NO3/c23-15-11-14(12-15)9-10-22-21(24)25-13-20-18-7-3-1-5-16(18)17-6-2-4-8-19(17)20/h1-8,14-15,20,23H,9-13H2,(H,22,24). The highest BCUT2D eigenvalue weighted by molar-refractivity contribution is 5.79. The lowest BCUT2D eigenvalue weighted by molar-refractivity contribution is 0.0392. The smallest absolute Gasteiger partial charge is 0.407 e. The number of carbonyl (C=O) groups excluding carboxylic acids is 1. The van der Waals surface area contributed by atoms with Crippen LogP contribution in [0, 0.1) is 5.92 Å². The van der Waals surface area contributed by atoms with Gasteiger partial charge in [-0.3, -0.25) is 0 Å². The van der Waals surface area contributed by atoms with Crippen LogP contribution in [-0.4, -0.2) is 30.5 Å². The molecule has 2 aliphatic carbocycles. The molecule has 2 aromatic rings. The Kier molecular flexibility index (Phi) is 4.45. The van der Waals surface area contributed by atoms with E-state index in [2.05, 4.69) is 29.6 Å². The molecule has 1 amide bonds. The minimum Gasteiger partial charge on any atom is -0.449 e. The number of aliphatic hydroxyl groups is 1. The van der Waals surface area contributed by atoms with Crippen LogP contribution < -0.4 is 5.32 Å². The quantitative estimate of drug-likeness (QED) is 0.875.